The van der Waals surface area contributed by atoms with Gasteiger partial charge in [0.15, 0.2) is 5.82 Å². The zero-order chi connectivity index (χ0) is 15.2. The number of nitrogens with one attached hydrogen (secondary N) is 2. The topological polar surface area (TPSA) is 84.2 Å². The Morgan fingerprint density at radius 3 is 2.57 bits per heavy atom. The normalized spacial score (nSPS) is 10.2. The van der Waals surface area contributed by atoms with Crippen molar-refractivity contribution in [1.82, 2.24) is 10.5 Å². The molecular formula is C14H14ClN3O3. The molecule has 21 heavy (non-hydrogen) atoms. The lowest BCUT2D eigenvalue weighted by atomic mass is 10.1. The molecule has 0 saturated heterocycles. The molecule has 6 nitrogen and oxygen atoms in total. The number of nitrogens with zero attached hydrogens (tertiary/aromatic N) is 1. The second-order valence-corrected chi connectivity index (χ2v) is 4.89. The maximum Gasteiger partial charge on any atom is 0.245 e. The Hall–Kier alpha value is -2.34. The molecule has 0 unspecified atom stereocenters. The smallest absolute Gasteiger partial charge is 0.245 e. The molecule has 0 aliphatic carbocycles. The fraction of sp³-hybridized carbons (Fsp3) is 0.214. The zero-order valence-corrected chi connectivity index (χ0v) is 12.1. The molecule has 2 N–H and O–H groups in total. The third kappa shape index (κ3) is 4.92. The van der Waals surface area contributed by atoms with Gasteiger partial charge in [0.1, 0.15) is 5.76 Å². The zero-order valence-electron chi connectivity index (χ0n) is 11.4. The molecule has 2 rings (SSSR count). The monoisotopic (exact) mass is 307 g/mol. The first kappa shape index (κ1) is 15.1. The standard InChI is InChI=1S/C14H14ClN3O3/c1-9-6-12(18-21-9)17-14(20)8-16-13(19)7-10-2-4-11(15)5-3-10/h2-6H,7-8H2,1H3,(H,16,19)(H,17,18,20). The van der Waals surface area contributed by atoms with Crippen LogP contribution in [0.1, 0.15) is 11.3 Å². The highest BCUT2D eigenvalue weighted by Crippen LogP contribution is 2.10. The Bertz CT molecular complexity index is 637. The van der Waals surface area contributed by atoms with Crippen molar-refractivity contribution >= 4 is 29.2 Å². The summed E-state index contributed by atoms with van der Waals surface area (Å²) in [5, 5.41) is 9.28. The van der Waals surface area contributed by atoms with Crippen molar-refractivity contribution in [2.45, 2.75) is 13.3 Å². The predicted molar refractivity (Wildman–Crippen MR) is 78.0 cm³/mol. The van der Waals surface area contributed by atoms with Crippen LogP contribution in [0, 0.1) is 6.92 Å². The highest BCUT2D eigenvalue weighted by atomic mass is 35.5. The van der Waals surface area contributed by atoms with E-state index in [2.05, 4.69) is 15.8 Å². The maximum atomic E-state index is 11.7. The summed E-state index contributed by atoms with van der Waals surface area (Å²) in [6.07, 6.45) is 0.188. The third-order valence-electron chi connectivity index (χ3n) is 2.62. The summed E-state index contributed by atoms with van der Waals surface area (Å²) in [5.41, 5.74) is 0.824. The van der Waals surface area contributed by atoms with E-state index in [-0.39, 0.29) is 24.8 Å². The van der Waals surface area contributed by atoms with Gasteiger partial charge in [0.2, 0.25) is 11.8 Å². The summed E-state index contributed by atoms with van der Waals surface area (Å²) >= 11 is 5.76. The first-order chi connectivity index (χ1) is 10.0. The number of benzene rings is 1. The van der Waals surface area contributed by atoms with Crippen LogP contribution >= 0.6 is 11.6 Å². The molecular weight excluding hydrogens is 294 g/mol. The largest absolute Gasteiger partial charge is 0.360 e. The van der Waals surface area contributed by atoms with Gasteiger partial charge in [-0.1, -0.05) is 28.9 Å². The van der Waals surface area contributed by atoms with Crippen molar-refractivity contribution in [1.29, 1.82) is 0 Å². The van der Waals surface area contributed by atoms with E-state index in [0.717, 1.165) is 5.56 Å². The van der Waals surface area contributed by atoms with E-state index in [1.807, 2.05) is 0 Å². The molecule has 0 aliphatic heterocycles. The minimum Gasteiger partial charge on any atom is -0.360 e. The van der Waals surface area contributed by atoms with Gasteiger partial charge >= 0.3 is 0 Å². The first-order valence-electron chi connectivity index (χ1n) is 6.27. The molecule has 0 fully saturated rings. The Morgan fingerprint density at radius 2 is 1.95 bits per heavy atom. The summed E-state index contributed by atoms with van der Waals surface area (Å²) in [6.45, 7) is 1.59. The van der Waals surface area contributed by atoms with E-state index in [9.17, 15) is 9.59 Å². The third-order valence-corrected chi connectivity index (χ3v) is 2.87. The molecule has 7 heteroatoms. The van der Waals surface area contributed by atoms with E-state index in [1.54, 1.807) is 37.3 Å². The highest BCUT2D eigenvalue weighted by molar-refractivity contribution is 6.30. The number of carbonyl (C=O) groups is 2. The Kier molecular flexibility index (Phi) is 4.94. The lowest BCUT2D eigenvalue weighted by molar-refractivity contribution is -0.123. The summed E-state index contributed by atoms with van der Waals surface area (Å²) in [5.74, 6) is 0.304. The lowest BCUT2D eigenvalue weighted by Crippen LogP contribution is -2.33. The van der Waals surface area contributed by atoms with Gasteiger partial charge in [0, 0.05) is 11.1 Å². The summed E-state index contributed by atoms with van der Waals surface area (Å²) in [4.78, 5) is 23.3. The van der Waals surface area contributed by atoms with E-state index in [1.165, 1.54) is 0 Å². The number of carbonyl (C=O) groups excluding carboxylic acids is 2. The number of halogens is 1. The molecule has 0 saturated carbocycles. The Labute approximate surface area is 126 Å². The first-order valence-corrected chi connectivity index (χ1v) is 6.65. The molecule has 2 amide bonds. The van der Waals surface area contributed by atoms with Crippen molar-refractivity contribution in [3.8, 4) is 0 Å². The van der Waals surface area contributed by atoms with Gasteiger partial charge in [-0.05, 0) is 24.6 Å². The predicted octanol–water partition coefficient (Wildman–Crippen LogP) is 1.93. The van der Waals surface area contributed by atoms with Gasteiger partial charge in [-0.15, -0.1) is 0 Å². The molecule has 2 aromatic rings. The molecule has 0 atom stereocenters. The van der Waals surface area contributed by atoms with Crippen LogP contribution in [0.3, 0.4) is 0 Å². The van der Waals surface area contributed by atoms with Gasteiger partial charge in [-0.3, -0.25) is 9.59 Å². The molecule has 110 valence electrons. The highest BCUT2D eigenvalue weighted by Gasteiger charge is 2.08. The SMILES string of the molecule is Cc1cc(NC(=O)CNC(=O)Cc2ccc(Cl)cc2)no1. The number of amides is 2. The van der Waals surface area contributed by atoms with Gasteiger partial charge in [-0.25, -0.2) is 0 Å². The number of hydrogen-bond donors (Lipinski definition) is 2. The van der Waals surface area contributed by atoms with Gasteiger partial charge in [-0.2, -0.15) is 0 Å². The summed E-state index contributed by atoms with van der Waals surface area (Å²) < 4.78 is 4.82. The molecule has 0 aliphatic rings. The van der Waals surface area contributed by atoms with Crippen LogP contribution in [0.15, 0.2) is 34.9 Å². The number of rotatable bonds is 5. The van der Waals surface area contributed by atoms with E-state index in [0.29, 0.717) is 16.6 Å². The Morgan fingerprint density at radius 1 is 1.24 bits per heavy atom. The van der Waals surface area contributed by atoms with Crippen LogP contribution in [-0.2, 0) is 16.0 Å². The second-order valence-electron chi connectivity index (χ2n) is 4.45. The van der Waals surface area contributed by atoms with Crippen molar-refractivity contribution in [3.63, 3.8) is 0 Å². The molecule has 1 aromatic carbocycles. The maximum absolute atomic E-state index is 11.7. The average Bonchev–Trinajstić information content (AvgIpc) is 2.84. The van der Waals surface area contributed by atoms with Crippen LogP contribution in [-0.4, -0.2) is 23.5 Å². The van der Waals surface area contributed by atoms with Crippen molar-refractivity contribution in [3.05, 3.63) is 46.7 Å². The number of aromatic nitrogens is 1. The average molecular weight is 308 g/mol. The number of aryl methyl sites for hydroxylation is 1. The second kappa shape index (κ2) is 6.90. The molecule has 0 radical (unpaired) electrons. The van der Waals surface area contributed by atoms with Crippen LogP contribution in [0.5, 0.6) is 0 Å². The van der Waals surface area contributed by atoms with Gasteiger partial charge in [0.05, 0.1) is 13.0 Å². The summed E-state index contributed by atoms with van der Waals surface area (Å²) in [6, 6.07) is 8.54. The molecule has 1 aromatic heterocycles. The fourth-order valence-electron chi connectivity index (χ4n) is 1.64. The van der Waals surface area contributed by atoms with Crippen molar-refractivity contribution in [2.24, 2.45) is 0 Å². The van der Waals surface area contributed by atoms with E-state index >= 15 is 0 Å². The van der Waals surface area contributed by atoms with Crippen LogP contribution < -0.4 is 10.6 Å². The molecule has 0 bridgehead atoms. The van der Waals surface area contributed by atoms with E-state index < -0.39 is 0 Å². The van der Waals surface area contributed by atoms with Gasteiger partial charge in [0.25, 0.3) is 0 Å². The van der Waals surface area contributed by atoms with Gasteiger partial charge < -0.3 is 15.2 Å². The minimum absolute atomic E-state index is 0.127. The lowest BCUT2D eigenvalue weighted by Gasteiger charge is -2.05. The quantitative estimate of drug-likeness (QED) is 0.884. The Balaban J connectivity index is 1.75. The molecule has 0 spiro atoms. The number of hydrogen-bond acceptors (Lipinski definition) is 4. The van der Waals surface area contributed by atoms with E-state index in [4.69, 9.17) is 16.1 Å². The molecule has 1 heterocycles. The summed E-state index contributed by atoms with van der Waals surface area (Å²) in [7, 11) is 0. The van der Waals surface area contributed by atoms with Crippen LogP contribution in [0.25, 0.3) is 0 Å². The fourth-order valence-corrected chi connectivity index (χ4v) is 1.77. The minimum atomic E-state index is -0.368. The van der Waals surface area contributed by atoms with Crippen molar-refractivity contribution < 1.29 is 14.1 Å². The van der Waals surface area contributed by atoms with Crippen LogP contribution in [0.2, 0.25) is 5.02 Å². The number of anilines is 1. The van der Waals surface area contributed by atoms with Crippen molar-refractivity contribution in [2.75, 3.05) is 11.9 Å². The van der Waals surface area contributed by atoms with Crippen LogP contribution in [0.4, 0.5) is 5.82 Å².